The Kier molecular flexibility index (Phi) is 3.99. The van der Waals surface area contributed by atoms with E-state index in [0.717, 1.165) is 12.1 Å². The number of aromatic nitrogens is 1. The summed E-state index contributed by atoms with van der Waals surface area (Å²) in [4.78, 5) is 0. The van der Waals surface area contributed by atoms with Gasteiger partial charge in [-0.25, -0.2) is 0 Å². The van der Waals surface area contributed by atoms with E-state index in [0.29, 0.717) is 0 Å². The number of hydrogen-bond donors (Lipinski definition) is 0. The highest BCUT2D eigenvalue weighted by atomic mass is 15.0. The molecule has 1 aromatic heterocycles. The minimum Gasteiger partial charge on any atom is -0.340 e. The number of terminal acetylenes is 1. The van der Waals surface area contributed by atoms with Crippen molar-refractivity contribution in [3.05, 3.63) is 47.0 Å². The Bertz CT molecular complexity index is 995. The van der Waals surface area contributed by atoms with Gasteiger partial charge in [-0.05, 0) is 53.1 Å². The lowest BCUT2D eigenvalue weighted by molar-refractivity contribution is 0.590. The van der Waals surface area contributed by atoms with E-state index in [4.69, 9.17) is 6.42 Å². The molecule has 25 heavy (non-hydrogen) atoms. The molecule has 0 aliphatic rings. The number of aryl methyl sites for hydroxylation is 1. The van der Waals surface area contributed by atoms with E-state index in [2.05, 4.69) is 89.3 Å². The first-order valence-electron chi connectivity index (χ1n) is 9.15. The monoisotopic (exact) mass is 331 g/mol. The van der Waals surface area contributed by atoms with Crippen molar-refractivity contribution in [3.63, 3.8) is 0 Å². The first kappa shape index (κ1) is 17.6. The lowest BCUT2D eigenvalue weighted by Gasteiger charge is -2.20. The predicted molar refractivity (Wildman–Crippen MR) is 110 cm³/mol. The van der Waals surface area contributed by atoms with Gasteiger partial charge in [0.2, 0.25) is 0 Å². The van der Waals surface area contributed by atoms with Crippen LogP contribution in [0.5, 0.6) is 0 Å². The summed E-state index contributed by atoms with van der Waals surface area (Å²) in [6, 6.07) is 11.4. The van der Waals surface area contributed by atoms with Crippen molar-refractivity contribution in [2.75, 3.05) is 0 Å². The average Bonchev–Trinajstić information content (AvgIpc) is 2.85. The van der Waals surface area contributed by atoms with Gasteiger partial charge in [0.05, 0.1) is 5.52 Å². The molecule has 0 radical (unpaired) electrons. The van der Waals surface area contributed by atoms with E-state index in [1.165, 1.54) is 32.9 Å². The number of fused-ring (bicyclic) bond motifs is 3. The molecule has 0 saturated carbocycles. The number of benzene rings is 2. The maximum Gasteiger partial charge on any atom is 0.0650 e. The fraction of sp³-hybridized carbons (Fsp3) is 0.417. The Balaban J connectivity index is 2.52. The molecule has 0 fully saturated rings. The van der Waals surface area contributed by atoms with Crippen LogP contribution in [0.25, 0.3) is 21.8 Å². The summed E-state index contributed by atoms with van der Waals surface area (Å²) in [6.07, 6.45) is 5.91. The van der Waals surface area contributed by atoms with Crippen LogP contribution in [-0.4, -0.2) is 4.57 Å². The maximum atomic E-state index is 5.91. The van der Waals surface area contributed by atoms with Gasteiger partial charge in [0, 0.05) is 28.4 Å². The molecular weight excluding hydrogens is 302 g/mol. The molecule has 0 bridgehead atoms. The molecule has 0 atom stereocenters. The van der Waals surface area contributed by atoms with E-state index in [1.807, 2.05) is 0 Å². The quantitative estimate of drug-likeness (QED) is 0.455. The van der Waals surface area contributed by atoms with Crippen molar-refractivity contribution in [1.29, 1.82) is 0 Å². The van der Waals surface area contributed by atoms with Gasteiger partial charge < -0.3 is 4.57 Å². The fourth-order valence-corrected chi connectivity index (χ4v) is 3.58. The molecule has 1 heteroatoms. The first-order valence-corrected chi connectivity index (χ1v) is 9.15. The zero-order valence-electron chi connectivity index (χ0n) is 16.6. The van der Waals surface area contributed by atoms with Crippen LogP contribution in [-0.2, 0) is 17.4 Å². The Morgan fingerprint density at radius 2 is 1.48 bits per heavy atom. The largest absolute Gasteiger partial charge is 0.340 e. The SMILES string of the molecule is C#Cc1cc(C(C)(C)C)cc2c3cc(C(C)(C)C)ccc3n(CC)c12. The summed E-state index contributed by atoms with van der Waals surface area (Å²) in [5.74, 6) is 2.94. The van der Waals surface area contributed by atoms with Gasteiger partial charge in [-0.2, -0.15) is 0 Å². The zero-order chi connectivity index (χ0) is 18.6. The van der Waals surface area contributed by atoms with Crippen LogP contribution in [0.1, 0.15) is 65.2 Å². The summed E-state index contributed by atoms with van der Waals surface area (Å²) < 4.78 is 2.36. The van der Waals surface area contributed by atoms with Crippen molar-refractivity contribution in [1.82, 2.24) is 4.57 Å². The molecule has 3 aromatic rings. The first-order chi connectivity index (χ1) is 11.6. The van der Waals surface area contributed by atoms with Gasteiger partial charge in [-0.3, -0.25) is 0 Å². The van der Waals surface area contributed by atoms with Crippen LogP contribution in [0.15, 0.2) is 30.3 Å². The van der Waals surface area contributed by atoms with Crippen LogP contribution in [0, 0.1) is 12.3 Å². The lowest BCUT2D eigenvalue weighted by atomic mass is 9.84. The summed E-state index contributed by atoms with van der Waals surface area (Å²) in [5.41, 5.74) is 6.32. The van der Waals surface area contributed by atoms with Crippen molar-refractivity contribution < 1.29 is 0 Å². The van der Waals surface area contributed by atoms with Gasteiger partial charge in [-0.15, -0.1) is 6.42 Å². The summed E-state index contributed by atoms with van der Waals surface area (Å²) in [6.45, 7) is 16.6. The Hall–Kier alpha value is -2.20. The molecular formula is C24H29N. The minimum absolute atomic E-state index is 0.0715. The van der Waals surface area contributed by atoms with Gasteiger partial charge in [-0.1, -0.05) is 53.5 Å². The topological polar surface area (TPSA) is 4.93 Å². The van der Waals surface area contributed by atoms with Crippen molar-refractivity contribution in [3.8, 4) is 12.3 Å². The van der Waals surface area contributed by atoms with Crippen LogP contribution in [0.3, 0.4) is 0 Å². The second kappa shape index (κ2) is 5.67. The third-order valence-electron chi connectivity index (χ3n) is 5.16. The molecule has 3 rings (SSSR count). The highest BCUT2D eigenvalue weighted by Gasteiger charge is 2.21. The summed E-state index contributed by atoms with van der Waals surface area (Å²) >= 11 is 0. The second-order valence-electron chi connectivity index (χ2n) is 9.04. The van der Waals surface area contributed by atoms with Gasteiger partial charge in [0.1, 0.15) is 0 Å². The maximum absolute atomic E-state index is 5.91. The van der Waals surface area contributed by atoms with Crippen LogP contribution >= 0.6 is 0 Å². The number of rotatable bonds is 1. The van der Waals surface area contributed by atoms with Crippen LogP contribution in [0.4, 0.5) is 0 Å². The van der Waals surface area contributed by atoms with E-state index in [-0.39, 0.29) is 10.8 Å². The normalized spacial score (nSPS) is 12.7. The third-order valence-corrected chi connectivity index (χ3v) is 5.16. The molecule has 0 amide bonds. The average molecular weight is 332 g/mol. The van der Waals surface area contributed by atoms with Crippen molar-refractivity contribution in [2.45, 2.75) is 65.8 Å². The summed E-state index contributed by atoms with van der Waals surface area (Å²) in [7, 11) is 0. The third kappa shape index (κ3) is 2.85. The Labute approximate surface area is 152 Å². The number of hydrogen-bond acceptors (Lipinski definition) is 0. The second-order valence-corrected chi connectivity index (χ2v) is 9.04. The van der Waals surface area contributed by atoms with Gasteiger partial charge >= 0.3 is 0 Å². The lowest BCUT2D eigenvalue weighted by Crippen LogP contribution is -2.11. The molecule has 1 nitrogen and oxygen atoms in total. The molecule has 0 aliphatic heterocycles. The summed E-state index contributed by atoms with van der Waals surface area (Å²) in [5, 5.41) is 2.59. The van der Waals surface area contributed by atoms with Crippen LogP contribution < -0.4 is 0 Å². The van der Waals surface area contributed by atoms with Crippen molar-refractivity contribution >= 4 is 21.8 Å². The Morgan fingerprint density at radius 3 is 2.00 bits per heavy atom. The highest BCUT2D eigenvalue weighted by Crippen LogP contribution is 2.37. The molecule has 130 valence electrons. The Morgan fingerprint density at radius 1 is 0.880 bits per heavy atom. The molecule has 2 aromatic carbocycles. The minimum atomic E-state index is 0.0715. The predicted octanol–water partition coefficient (Wildman–Crippen LogP) is 6.39. The molecule has 1 heterocycles. The van der Waals surface area contributed by atoms with Gasteiger partial charge in [0.15, 0.2) is 0 Å². The molecule has 0 spiro atoms. The van der Waals surface area contributed by atoms with Crippen LogP contribution in [0.2, 0.25) is 0 Å². The van der Waals surface area contributed by atoms with E-state index >= 15 is 0 Å². The number of nitrogens with zero attached hydrogens (tertiary/aromatic N) is 1. The van der Waals surface area contributed by atoms with E-state index in [9.17, 15) is 0 Å². The van der Waals surface area contributed by atoms with E-state index < -0.39 is 0 Å². The molecule has 0 aliphatic carbocycles. The zero-order valence-corrected chi connectivity index (χ0v) is 16.6. The molecule has 0 unspecified atom stereocenters. The van der Waals surface area contributed by atoms with E-state index in [1.54, 1.807) is 0 Å². The highest BCUT2D eigenvalue weighted by molar-refractivity contribution is 6.10. The standard InChI is InChI=1S/C24H29N/c1-9-16-13-18(24(6,7)8)15-20-19-14-17(23(3,4)5)11-12-21(19)25(10-2)22(16)20/h1,11-15H,10H2,2-8H3. The van der Waals surface area contributed by atoms with Gasteiger partial charge in [0.25, 0.3) is 0 Å². The molecule has 0 N–H and O–H groups in total. The smallest absolute Gasteiger partial charge is 0.0650 e. The molecule has 0 saturated heterocycles. The fourth-order valence-electron chi connectivity index (χ4n) is 3.58. The van der Waals surface area contributed by atoms with Crippen molar-refractivity contribution in [2.24, 2.45) is 0 Å².